The Labute approximate surface area is 231 Å². The Balaban J connectivity index is 1.50. The van der Waals surface area contributed by atoms with E-state index in [4.69, 9.17) is 4.98 Å². The lowest BCUT2D eigenvalue weighted by molar-refractivity contribution is -0.137. The SMILES string of the molecule is Cc1sc(NC(CSC(c2ccccc2)(c2ccccc2)c2ccccc2)C(=O)O)nc1-c1ccccc1. The van der Waals surface area contributed by atoms with Crippen molar-refractivity contribution in [3.05, 3.63) is 143 Å². The third-order valence-corrected chi connectivity index (χ3v) is 8.99. The van der Waals surface area contributed by atoms with E-state index in [1.54, 1.807) is 11.8 Å². The van der Waals surface area contributed by atoms with Crippen LogP contribution in [-0.2, 0) is 9.54 Å². The largest absolute Gasteiger partial charge is 0.480 e. The van der Waals surface area contributed by atoms with Crippen LogP contribution in [0.15, 0.2) is 121 Å². The van der Waals surface area contributed by atoms with Crippen LogP contribution in [0, 0.1) is 6.92 Å². The number of thiazole rings is 1. The summed E-state index contributed by atoms with van der Waals surface area (Å²) in [5.74, 6) is -0.581. The van der Waals surface area contributed by atoms with Crippen molar-refractivity contribution in [1.82, 2.24) is 4.98 Å². The van der Waals surface area contributed by atoms with Crippen molar-refractivity contribution in [2.75, 3.05) is 11.1 Å². The van der Waals surface area contributed by atoms with Gasteiger partial charge in [0, 0.05) is 16.2 Å². The standard InChI is InChI=1S/C32H28N2O2S2/c1-23-29(24-14-6-2-7-15-24)34-31(38-23)33-28(30(35)36)22-37-32(25-16-8-3-9-17-25,26-18-10-4-11-19-26)27-20-12-5-13-21-27/h2-21,28H,22H2,1H3,(H,33,34)(H,35,36). The highest BCUT2D eigenvalue weighted by molar-refractivity contribution is 8.00. The molecule has 0 aliphatic carbocycles. The van der Waals surface area contributed by atoms with E-state index in [-0.39, 0.29) is 0 Å². The number of benzene rings is 4. The van der Waals surface area contributed by atoms with Gasteiger partial charge in [0.15, 0.2) is 5.13 Å². The van der Waals surface area contributed by atoms with Crippen LogP contribution in [0.4, 0.5) is 5.13 Å². The second-order valence-electron chi connectivity index (χ2n) is 8.92. The Morgan fingerprint density at radius 3 is 1.71 bits per heavy atom. The first-order chi connectivity index (χ1) is 18.6. The van der Waals surface area contributed by atoms with Crippen molar-refractivity contribution in [3.63, 3.8) is 0 Å². The molecular weight excluding hydrogens is 508 g/mol. The quantitative estimate of drug-likeness (QED) is 0.179. The number of carboxylic acids is 1. The molecule has 0 spiro atoms. The second-order valence-corrected chi connectivity index (χ2v) is 11.4. The van der Waals surface area contributed by atoms with Crippen LogP contribution < -0.4 is 5.32 Å². The van der Waals surface area contributed by atoms with Crippen LogP contribution in [-0.4, -0.2) is 27.9 Å². The molecule has 0 radical (unpaired) electrons. The van der Waals surface area contributed by atoms with Crippen LogP contribution in [0.25, 0.3) is 11.3 Å². The average molecular weight is 537 g/mol. The fraction of sp³-hybridized carbons (Fsp3) is 0.125. The predicted octanol–water partition coefficient (Wildman–Crippen LogP) is 7.71. The van der Waals surface area contributed by atoms with E-state index in [1.807, 2.05) is 91.9 Å². The maximum absolute atomic E-state index is 12.5. The Morgan fingerprint density at radius 1 is 0.816 bits per heavy atom. The zero-order chi connectivity index (χ0) is 26.4. The highest BCUT2D eigenvalue weighted by Gasteiger charge is 2.38. The van der Waals surface area contributed by atoms with E-state index in [2.05, 4.69) is 41.7 Å². The van der Waals surface area contributed by atoms with Gasteiger partial charge in [-0.05, 0) is 23.6 Å². The molecule has 0 saturated heterocycles. The van der Waals surface area contributed by atoms with E-state index in [0.717, 1.165) is 32.8 Å². The number of nitrogens with zero attached hydrogens (tertiary/aromatic N) is 1. The molecule has 1 unspecified atom stereocenters. The minimum Gasteiger partial charge on any atom is -0.480 e. The molecule has 0 aliphatic rings. The molecule has 2 N–H and O–H groups in total. The van der Waals surface area contributed by atoms with E-state index in [1.165, 1.54) is 11.3 Å². The summed E-state index contributed by atoms with van der Waals surface area (Å²) < 4.78 is -0.590. The lowest BCUT2D eigenvalue weighted by atomic mass is 9.84. The van der Waals surface area contributed by atoms with E-state index in [9.17, 15) is 9.90 Å². The van der Waals surface area contributed by atoms with Crippen molar-refractivity contribution in [1.29, 1.82) is 0 Å². The first kappa shape index (κ1) is 25.8. The number of carbonyl (C=O) groups is 1. The molecule has 1 atom stereocenters. The number of anilines is 1. The molecule has 0 bridgehead atoms. The number of aliphatic carboxylic acids is 1. The molecule has 5 aromatic rings. The molecule has 6 heteroatoms. The summed E-state index contributed by atoms with van der Waals surface area (Å²) in [6.45, 7) is 2.01. The Morgan fingerprint density at radius 2 is 1.26 bits per heavy atom. The number of rotatable bonds is 10. The molecule has 1 aromatic heterocycles. The second kappa shape index (κ2) is 11.7. The molecule has 1 heterocycles. The first-order valence-corrected chi connectivity index (χ1v) is 14.2. The van der Waals surface area contributed by atoms with Crippen molar-refractivity contribution < 1.29 is 9.90 Å². The molecule has 0 aliphatic heterocycles. The lowest BCUT2D eigenvalue weighted by Gasteiger charge is -2.36. The molecule has 0 saturated carbocycles. The summed E-state index contributed by atoms with van der Waals surface area (Å²) >= 11 is 3.11. The number of hydrogen-bond donors (Lipinski definition) is 2. The predicted molar refractivity (Wildman–Crippen MR) is 159 cm³/mol. The molecular formula is C32H28N2O2S2. The zero-order valence-corrected chi connectivity index (χ0v) is 22.6. The van der Waals surface area contributed by atoms with Crippen molar-refractivity contribution in [2.45, 2.75) is 17.7 Å². The van der Waals surface area contributed by atoms with Gasteiger partial charge in [-0.15, -0.1) is 23.1 Å². The number of carboxylic acid groups (broad SMARTS) is 1. The summed E-state index contributed by atoms with van der Waals surface area (Å²) in [5.41, 5.74) is 5.20. The molecule has 190 valence electrons. The van der Waals surface area contributed by atoms with Crippen molar-refractivity contribution in [3.8, 4) is 11.3 Å². The fourth-order valence-electron chi connectivity index (χ4n) is 4.62. The van der Waals surface area contributed by atoms with Crippen LogP contribution >= 0.6 is 23.1 Å². The lowest BCUT2D eigenvalue weighted by Crippen LogP contribution is -2.35. The maximum atomic E-state index is 12.5. The molecule has 5 rings (SSSR count). The molecule has 4 nitrogen and oxygen atoms in total. The zero-order valence-electron chi connectivity index (χ0n) is 21.0. The topological polar surface area (TPSA) is 62.2 Å². The smallest absolute Gasteiger partial charge is 0.327 e. The Bertz CT molecular complexity index is 1380. The van der Waals surface area contributed by atoms with Crippen LogP contribution in [0.5, 0.6) is 0 Å². The van der Waals surface area contributed by atoms with Gasteiger partial charge in [-0.3, -0.25) is 0 Å². The summed E-state index contributed by atoms with van der Waals surface area (Å²) in [7, 11) is 0. The maximum Gasteiger partial charge on any atom is 0.327 e. The molecule has 4 aromatic carbocycles. The summed E-state index contributed by atoms with van der Waals surface area (Å²) in [6.07, 6.45) is 0. The van der Waals surface area contributed by atoms with Crippen molar-refractivity contribution >= 4 is 34.2 Å². The van der Waals surface area contributed by atoms with Gasteiger partial charge in [-0.1, -0.05) is 121 Å². The van der Waals surface area contributed by atoms with E-state index >= 15 is 0 Å². The van der Waals surface area contributed by atoms with Crippen LogP contribution in [0.2, 0.25) is 0 Å². The van der Waals surface area contributed by atoms with Gasteiger partial charge >= 0.3 is 5.97 Å². The highest BCUT2D eigenvalue weighted by atomic mass is 32.2. The number of aromatic nitrogens is 1. The van der Waals surface area contributed by atoms with Gasteiger partial charge in [-0.25, -0.2) is 9.78 Å². The van der Waals surface area contributed by atoms with Crippen LogP contribution in [0.3, 0.4) is 0 Å². The van der Waals surface area contributed by atoms with Gasteiger partial charge in [0.05, 0.1) is 10.4 Å². The Kier molecular flexibility index (Phi) is 7.91. The monoisotopic (exact) mass is 536 g/mol. The van der Waals surface area contributed by atoms with Gasteiger partial charge in [-0.2, -0.15) is 0 Å². The number of thioether (sulfide) groups is 1. The third-order valence-electron chi connectivity index (χ3n) is 6.45. The highest BCUT2D eigenvalue weighted by Crippen LogP contribution is 2.48. The van der Waals surface area contributed by atoms with Crippen LogP contribution in [0.1, 0.15) is 21.6 Å². The number of hydrogen-bond acceptors (Lipinski definition) is 5. The minimum atomic E-state index is -0.908. The van der Waals surface area contributed by atoms with E-state index in [0.29, 0.717) is 10.9 Å². The van der Waals surface area contributed by atoms with Gasteiger partial charge in [0.1, 0.15) is 6.04 Å². The van der Waals surface area contributed by atoms with Gasteiger partial charge in [0.2, 0.25) is 0 Å². The Hall–Kier alpha value is -3.87. The average Bonchev–Trinajstić information content (AvgIpc) is 3.34. The molecule has 0 fully saturated rings. The van der Waals surface area contributed by atoms with E-state index < -0.39 is 16.8 Å². The third kappa shape index (κ3) is 5.37. The summed E-state index contributed by atoms with van der Waals surface area (Å²) in [5, 5.41) is 14.1. The molecule has 38 heavy (non-hydrogen) atoms. The summed E-state index contributed by atoms with van der Waals surface area (Å²) in [6, 6.07) is 40.1. The first-order valence-electron chi connectivity index (χ1n) is 12.4. The number of aryl methyl sites for hydroxylation is 1. The minimum absolute atomic E-state index is 0.327. The number of nitrogens with one attached hydrogen (secondary N) is 1. The normalized spacial score (nSPS) is 12.1. The van der Waals surface area contributed by atoms with Gasteiger partial charge < -0.3 is 10.4 Å². The molecule has 0 amide bonds. The fourth-order valence-corrected chi connectivity index (χ4v) is 7.06. The van der Waals surface area contributed by atoms with Crippen molar-refractivity contribution in [2.24, 2.45) is 0 Å². The van der Waals surface area contributed by atoms with Gasteiger partial charge in [0.25, 0.3) is 0 Å². The summed E-state index contributed by atoms with van der Waals surface area (Å²) in [4.78, 5) is 18.3.